The topological polar surface area (TPSA) is 112 Å². The molecule has 7 nitrogen and oxygen atoms in total. The van der Waals surface area contributed by atoms with Crippen LogP contribution in [0.25, 0.3) is 0 Å². The van der Waals surface area contributed by atoms with Gasteiger partial charge in [-0.25, -0.2) is 14.4 Å². The molecule has 7 heteroatoms. The summed E-state index contributed by atoms with van der Waals surface area (Å²) in [5.74, 6) is -3.39. The molecular formula is C35H66NO6+. The van der Waals surface area contributed by atoms with E-state index in [0.29, 0.717) is 25.7 Å². The molecule has 3 unspecified atom stereocenters. The highest BCUT2D eigenvalue weighted by molar-refractivity contribution is 5.78. The number of hydrogen-bond donors (Lipinski definition) is 3. The number of aliphatic carboxylic acids is 3. The number of carbonyl (C=O) groups is 3. The fraction of sp³-hybridized carbons (Fsp3) is 0.857. The van der Waals surface area contributed by atoms with Gasteiger partial charge in [0.15, 0.2) is 18.1 Å². The Morgan fingerprint density at radius 3 is 1.02 bits per heavy atom. The van der Waals surface area contributed by atoms with E-state index in [1.807, 2.05) is 26.8 Å². The first-order chi connectivity index (χ1) is 20.2. The summed E-state index contributed by atoms with van der Waals surface area (Å²) in [6, 6.07) is -3.38. The lowest BCUT2D eigenvalue weighted by molar-refractivity contribution is -0.928. The van der Waals surface area contributed by atoms with Crippen LogP contribution >= 0.6 is 0 Å². The Balaban J connectivity index is 5.00. The van der Waals surface area contributed by atoms with Crippen LogP contribution in [-0.4, -0.2) is 55.8 Å². The van der Waals surface area contributed by atoms with Gasteiger partial charge < -0.3 is 15.3 Å². The normalized spacial score (nSPS) is 15.3. The highest BCUT2D eigenvalue weighted by atomic mass is 16.4. The summed E-state index contributed by atoms with van der Waals surface area (Å²) >= 11 is 0. The number of nitrogens with zero attached hydrogens (tertiary/aromatic N) is 1. The van der Waals surface area contributed by atoms with Gasteiger partial charge in [0.25, 0.3) is 0 Å². The highest BCUT2D eigenvalue weighted by Crippen LogP contribution is 2.34. The molecule has 0 spiro atoms. The summed E-state index contributed by atoms with van der Waals surface area (Å²) in [6.45, 7) is 7.83. The fourth-order valence-electron chi connectivity index (χ4n) is 6.47. The Hall–Kier alpha value is -1.89. The van der Waals surface area contributed by atoms with Crippen molar-refractivity contribution in [3.05, 3.63) is 12.3 Å². The van der Waals surface area contributed by atoms with Crippen LogP contribution in [0.2, 0.25) is 0 Å². The molecule has 0 aliphatic heterocycles. The van der Waals surface area contributed by atoms with Crippen molar-refractivity contribution >= 4 is 17.9 Å². The van der Waals surface area contributed by atoms with E-state index >= 15 is 0 Å². The largest absolute Gasteiger partial charge is 0.477 e. The lowest BCUT2D eigenvalue weighted by atomic mass is 9.93. The molecule has 0 saturated carbocycles. The van der Waals surface area contributed by atoms with Gasteiger partial charge in [0, 0.05) is 19.3 Å². The molecule has 0 aromatic carbocycles. The van der Waals surface area contributed by atoms with Crippen molar-refractivity contribution < 1.29 is 34.2 Å². The van der Waals surface area contributed by atoms with E-state index in [-0.39, 0.29) is 19.3 Å². The van der Waals surface area contributed by atoms with Gasteiger partial charge in [0.1, 0.15) is 0 Å². The van der Waals surface area contributed by atoms with Crippen molar-refractivity contribution in [1.82, 2.24) is 0 Å². The Bertz CT molecular complexity index is 677. The smallest absolute Gasteiger partial charge is 0.363 e. The van der Waals surface area contributed by atoms with Crippen molar-refractivity contribution in [2.24, 2.45) is 0 Å². The molecule has 246 valence electrons. The van der Waals surface area contributed by atoms with Gasteiger partial charge in [-0.05, 0) is 38.2 Å². The first-order valence-corrected chi connectivity index (χ1v) is 17.5. The SMILES string of the molecule is CCCCCCCCCCCCCCCCCC/C=C/[N+](C(CCC)C(=O)O)(C(CCC)C(=O)O)C(CCC)C(=O)O. The number of hydrogen-bond acceptors (Lipinski definition) is 3. The van der Waals surface area contributed by atoms with Crippen LogP contribution in [0.5, 0.6) is 0 Å². The Morgan fingerprint density at radius 1 is 0.476 bits per heavy atom. The maximum absolute atomic E-state index is 12.6. The van der Waals surface area contributed by atoms with Crippen LogP contribution in [0.4, 0.5) is 0 Å². The van der Waals surface area contributed by atoms with Crippen molar-refractivity contribution in [2.45, 2.75) is 193 Å². The molecule has 3 N–H and O–H groups in total. The molecule has 0 aromatic heterocycles. The molecule has 0 amide bonds. The van der Waals surface area contributed by atoms with Crippen molar-refractivity contribution in [3.63, 3.8) is 0 Å². The van der Waals surface area contributed by atoms with Crippen LogP contribution < -0.4 is 0 Å². The van der Waals surface area contributed by atoms with Gasteiger partial charge in [-0.1, -0.05) is 124 Å². The second-order valence-corrected chi connectivity index (χ2v) is 12.3. The van der Waals surface area contributed by atoms with Gasteiger partial charge in [0.05, 0.1) is 6.20 Å². The van der Waals surface area contributed by atoms with Crippen LogP contribution in [-0.2, 0) is 14.4 Å². The summed E-state index contributed by atoms with van der Waals surface area (Å²) in [5, 5.41) is 30.8. The van der Waals surface area contributed by atoms with E-state index in [4.69, 9.17) is 0 Å². The molecule has 3 atom stereocenters. The molecule has 0 heterocycles. The molecule has 0 fully saturated rings. The van der Waals surface area contributed by atoms with E-state index < -0.39 is 40.5 Å². The van der Waals surface area contributed by atoms with Crippen LogP contribution in [0.3, 0.4) is 0 Å². The molecular weight excluding hydrogens is 530 g/mol. The van der Waals surface area contributed by atoms with E-state index in [1.165, 1.54) is 83.5 Å². The first kappa shape index (κ1) is 40.1. The lowest BCUT2D eigenvalue weighted by Gasteiger charge is -2.47. The summed E-state index contributed by atoms with van der Waals surface area (Å²) in [6.07, 6.45) is 27.1. The second kappa shape index (κ2) is 25.6. The molecule has 0 rings (SSSR count). The Morgan fingerprint density at radius 2 is 0.762 bits per heavy atom. The zero-order valence-corrected chi connectivity index (χ0v) is 27.7. The first-order valence-electron chi connectivity index (χ1n) is 17.5. The molecule has 0 aliphatic carbocycles. The maximum Gasteiger partial charge on any atom is 0.363 e. The van der Waals surface area contributed by atoms with Crippen LogP contribution in [0, 0.1) is 0 Å². The third-order valence-corrected chi connectivity index (χ3v) is 8.75. The quantitative estimate of drug-likeness (QED) is 0.0562. The second-order valence-electron chi connectivity index (χ2n) is 12.3. The average molecular weight is 597 g/mol. The van der Waals surface area contributed by atoms with E-state index in [0.717, 1.165) is 19.3 Å². The van der Waals surface area contributed by atoms with Gasteiger partial charge in [-0.15, -0.1) is 0 Å². The molecule has 0 aromatic rings. The monoisotopic (exact) mass is 596 g/mol. The number of carboxylic acids is 3. The van der Waals surface area contributed by atoms with Crippen LogP contribution in [0.1, 0.15) is 175 Å². The third kappa shape index (κ3) is 15.5. The van der Waals surface area contributed by atoms with Crippen molar-refractivity contribution in [2.75, 3.05) is 0 Å². The Labute approximate surface area is 257 Å². The predicted molar refractivity (Wildman–Crippen MR) is 173 cm³/mol. The lowest BCUT2D eigenvalue weighted by Crippen LogP contribution is -2.69. The predicted octanol–water partition coefficient (Wildman–Crippen LogP) is 9.73. The zero-order chi connectivity index (χ0) is 31.6. The number of quaternary nitrogens is 1. The Kier molecular flexibility index (Phi) is 24.4. The number of allylic oxidation sites excluding steroid dienone is 1. The minimum Gasteiger partial charge on any atom is -0.477 e. The van der Waals surface area contributed by atoms with Gasteiger partial charge in [-0.2, -0.15) is 0 Å². The number of carboxylic acid groups (broad SMARTS) is 3. The summed E-state index contributed by atoms with van der Waals surface area (Å²) in [4.78, 5) is 37.7. The summed E-state index contributed by atoms with van der Waals surface area (Å²) in [7, 11) is 0. The van der Waals surface area contributed by atoms with E-state index in [2.05, 4.69) is 6.92 Å². The van der Waals surface area contributed by atoms with E-state index in [9.17, 15) is 29.7 Å². The summed E-state index contributed by atoms with van der Waals surface area (Å²) < 4.78 is -0.547. The van der Waals surface area contributed by atoms with Gasteiger partial charge in [0.2, 0.25) is 0 Å². The van der Waals surface area contributed by atoms with Gasteiger partial charge >= 0.3 is 17.9 Å². The van der Waals surface area contributed by atoms with Crippen molar-refractivity contribution in [1.29, 1.82) is 0 Å². The number of unbranched alkanes of at least 4 members (excludes halogenated alkanes) is 16. The molecule has 0 radical (unpaired) electrons. The minimum absolute atomic E-state index is 0.222. The molecule has 0 bridgehead atoms. The van der Waals surface area contributed by atoms with Gasteiger partial charge in [-0.3, -0.25) is 4.48 Å². The highest BCUT2D eigenvalue weighted by Gasteiger charge is 2.56. The van der Waals surface area contributed by atoms with Crippen molar-refractivity contribution in [3.8, 4) is 0 Å². The average Bonchev–Trinajstić information content (AvgIpc) is 2.95. The zero-order valence-electron chi connectivity index (χ0n) is 27.7. The third-order valence-electron chi connectivity index (χ3n) is 8.75. The molecule has 0 saturated heterocycles. The molecule has 42 heavy (non-hydrogen) atoms. The van der Waals surface area contributed by atoms with Crippen LogP contribution in [0.15, 0.2) is 12.3 Å². The maximum atomic E-state index is 12.6. The minimum atomic E-state index is -1.13. The van der Waals surface area contributed by atoms with E-state index in [1.54, 1.807) is 6.20 Å². The fourth-order valence-corrected chi connectivity index (χ4v) is 6.47. The molecule has 0 aliphatic rings. The summed E-state index contributed by atoms with van der Waals surface area (Å²) in [5.41, 5.74) is 0. The standard InChI is InChI=1S/C35H65NO6/c1-5-9-10-11-12-13-14-15-16-17-18-19-20-21-22-23-24-25-29-36(30(26-6-2)33(37)38,31(27-7-3)34(39)40)32(28-8-4)35(41)42/h25,29-32H,5-24,26-28H2,1-4H3,(H2-,37,38,39,40,41,42)/p+1/b29-25+. The number of rotatable bonds is 30.